The molecule has 2 fully saturated rings. The summed E-state index contributed by atoms with van der Waals surface area (Å²) in [6.45, 7) is 6.81. The molecule has 0 heterocycles. The summed E-state index contributed by atoms with van der Waals surface area (Å²) in [6, 6.07) is 0. The molecule has 0 aromatic carbocycles. The van der Waals surface area contributed by atoms with Gasteiger partial charge in [0, 0.05) is 6.42 Å². The zero-order chi connectivity index (χ0) is 10.9. The van der Waals surface area contributed by atoms with E-state index in [9.17, 15) is 4.79 Å². The Morgan fingerprint density at radius 1 is 1.27 bits per heavy atom. The average molecular weight is 204 g/mol. The summed E-state index contributed by atoms with van der Waals surface area (Å²) in [5, 5.41) is 0. The van der Waals surface area contributed by atoms with Gasteiger partial charge in [-0.1, -0.05) is 31.9 Å². The third kappa shape index (κ3) is 0.745. The van der Waals surface area contributed by atoms with Crippen LogP contribution in [0, 0.1) is 16.2 Å². The summed E-state index contributed by atoms with van der Waals surface area (Å²) >= 11 is 0. The molecule has 0 aliphatic heterocycles. The first-order chi connectivity index (χ1) is 6.96. The molecule has 3 aliphatic carbocycles. The lowest BCUT2D eigenvalue weighted by molar-refractivity contribution is -0.125. The van der Waals surface area contributed by atoms with Gasteiger partial charge < -0.3 is 0 Å². The SMILES string of the molecule is CC1=CC[C@@]23CCC[C@]12C(=O)CC3(C)C. The molecule has 82 valence electrons. The van der Waals surface area contributed by atoms with Crippen LogP contribution in [0.3, 0.4) is 0 Å². The Bertz CT molecular complexity index is 377. The number of allylic oxidation sites excluding steroid dienone is 2. The predicted octanol–water partition coefficient (Wildman–Crippen LogP) is 3.49. The maximum Gasteiger partial charge on any atom is 0.144 e. The van der Waals surface area contributed by atoms with E-state index < -0.39 is 0 Å². The predicted molar refractivity (Wildman–Crippen MR) is 60.5 cm³/mol. The van der Waals surface area contributed by atoms with Gasteiger partial charge in [-0.05, 0) is 37.0 Å². The van der Waals surface area contributed by atoms with E-state index in [1.54, 1.807) is 0 Å². The minimum Gasteiger partial charge on any atom is -0.299 e. The highest BCUT2D eigenvalue weighted by Crippen LogP contribution is 2.75. The van der Waals surface area contributed by atoms with Crippen LogP contribution in [0.2, 0.25) is 0 Å². The minimum atomic E-state index is -0.0312. The number of ketones is 1. The lowest BCUT2D eigenvalue weighted by atomic mass is 9.59. The van der Waals surface area contributed by atoms with Crippen LogP contribution in [0.25, 0.3) is 0 Å². The van der Waals surface area contributed by atoms with Crippen LogP contribution in [0.5, 0.6) is 0 Å². The zero-order valence-corrected chi connectivity index (χ0v) is 10.0. The summed E-state index contributed by atoms with van der Waals surface area (Å²) in [5.74, 6) is 0.538. The second-order valence-electron chi connectivity index (χ2n) is 6.42. The Morgan fingerprint density at radius 2 is 2.00 bits per heavy atom. The number of carbonyl (C=O) groups excluding carboxylic acids is 1. The Balaban J connectivity index is 2.25. The molecule has 0 bridgehead atoms. The Labute approximate surface area is 91.9 Å². The molecule has 0 saturated heterocycles. The largest absolute Gasteiger partial charge is 0.299 e. The standard InChI is InChI=1S/C14H20O/c1-10-5-8-13-6-4-7-14(10,13)11(15)9-12(13,2)3/h5H,4,6-9H2,1-3H3/t13-,14-/m1/s1. The molecule has 1 nitrogen and oxygen atoms in total. The molecular formula is C14H20O. The van der Waals surface area contributed by atoms with Gasteiger partial charge in [0.15, 0.2) is 0 Å². The molecule has 1 heteroatoms. The van der Waals surface area contributed by atoms with Crippen LogP contribution in [0.1, 0.15) is 52.9 Å². The number of carbonyl (C=O) groups is 1. The molecule has 3 aliphatic rings. The van der Waals surface area contributed by atoms with Crippen LogP contribution >= 0.6 is 0 Å². The second kappa shape index (κ2) is 2.39. The fourth-order valence-electron chi connectivity index (χ4n) is 5.00. The maximum atomic E-state index is 12.4. The lowest BCUT2D eigenvalue weighted by Gasteiger charge is -2.43. The molecule has 2 atom stereocenters. The molecule has 0 aromatic rings. The van der Waals surface area contributed by atoms with E-state index in [2.05, 4.69) is 26.8 Å². The van der Waals surface area contributed by atoms with Gasteiger partial charge in [-0.2, -0.15) is 0 Å². The van der Waals surface area contributed by atoms with Crippen molar-refractivity contribution in [1.29, 1.82) is 0 Å². The van der Waals surface area contributed by atoms with E-state index in [0.29, 0.717) is 11.2 Å². The Morgan fingerprint density at radius 3 is 2.67 bits per heavy atom. The van der Waals surface area contributed by atoms with Crippen molar-refractivity contribution in [2.75, 3.05) is 0 Å². The third-order valence-corrected chi connectivity index (χ3v) is 5.78. The molecule has 0 aromatic heterocycles. The van der Waals surface area contributed by atoms with Crippen LogP contribution in [0.15, 0.2) is 11.6 Å². The van der Waals surface area contributed by atoms with Gasteiger partial charge in [-0.25, -0.2) is 0 Å². The van der Waals surface area contributed by atoms with Crippen molar-refractivity contribution >= 4 is 5.78 Å². The van der Waals surface area contributed by atoms with Gasteiger partial charge in [-0.15, -0.1) is 0 Å². The van der Waals surface area contributed by atoms with Crippen molar-refractivity contribution in [1.82, 2.24) is 0 Å². The zero-order valence-electron chi connectivity index (χ0n) is 10.0. The smallest absolute Gasteiger partial charge is 0.144 e. The number of hydrogen-bond acceptors (Lipinski definition) is 1. The monoisotopic (exact) mass is 204 g/mol. The summed E-state index contributed by atoms with van der Waals surface area (Å²) < 4.78 is 0. The van der Waals surface area contributed by atoms with E-state index in [0.717, 1.165) is 19.3 Å². The minimum absolute atomic E-state index is 0.0312. The second-order valence-corrected chi connectivity index (χ2v) is 6.42. The molecule has 3 rings (SSSR count). The first-order valence-electron chi connectivity index (χ1n) is 6.17. The number of Topliss-reactive ketones (excluding diaryl/α,β-unsaturated/α-hetero) is 1. The Kier molecular flexibility index (Phi) is 1.53. The summed E-state index contributed by atoms with van der Waals surface area (Å²) in [6.07, 6.45) is 7.94. The molecule has 0 amide bonds. The van der Waals surface area contributed by atoms with E-state index in [-0.39, 0.29) is 10.8 Å². The van der Waals surface area contributed by atoms with Crippen molar-refractivity contribution in [2.45, 2.75) is 52.9 Å². The Hall–Kier alpha value is -0.590. The molecular weight excluding hydrogens is 184 g/mol. The maximum absolute atomic E-state index is 12.4. The quantitative estimate of drug-likeness (QED) is 0.552. The summed E-state index contributed by atoms with van der Waals surface area (Å²) in [7, 11) is 0. The first-order valence-corrected chi connectivity index (χ1v) is 6.17. The van der Waals surface area contributed by atoms with Crippen molar-refractivity contribution < 1.29 is 4.79 Å². The molecule has 0 spiro atoms. The van der Waals surface area contributed by atoms with Crippen LogP contribution in [0.4, 0.5) is 0 Å². The van der Waals surface area contributed by atoms with Gasteiger partial charge in [0.05, 0.1) is 5.41 Å². The van der Waals surface area contributed by atoms with Crippen molar-refractivity contribution in [2.24, 2.45) is 16.2 Å². The fraction of sp³-hybridized carbons (Fsp3) is 0.786. The number of hydrogen-bond donors (Lipinski definition) is 0. The van der Waals surface area contributed by atoms with E-state index in [1.807, 2.05) is 0 Å². The van der Waals surface area contributed by atoms with Crippen molar-refractivity contribution in [3.05, 3.63) is 11.6 Å². The van der Waals surface area contributed by atoms with Crippen molar-refractivity contribution in [3.63, 3.8) is 0 Å². The van der Waals surface area contributed by atoms with Crippen LogP contribution in [-0.4, -0.2) is 5.78 Å². The van der Waals surface area contributed by atoms with Gasteiger partial charge in [0.25, 0.3) is 0 Å². The fourth-order valence-corrected chi connectivity index (χ4v) is 5.00. The van der Waals surface area contributed by atoms with E-state index in [1.165, 1.54) is 18.4 Å². The number of rotatable bonds is 0. The van der Waals surface area contributed by atoms with Crippen molar-refractivity contribution in [3.8, 4) is 0 Å². The van der Waals surface area contributed by atoms with Gasteiger partial charge >= 0.3 is 0 Å². The van der Waals surface area contributed by atoms with Gasteiger partial charge in [0.2, 0.25) is 0 Å². The normalized spacial score (nSPS) is 46.6. The highest BCUT2D eigenvalue weighted by Gasteiger charge is 2.71. The highest BCUT2D eigenvalue weighted by atomic mass is 16.1. The summed E-state index contributed by atoms with van der Waals surface area (Å²) in [4.78, 5) is 12.4. The first kappa shape index (κ1) is 9.62. The van der Waals surface area contributed by atoms with Gasteiger partial charge in [-0.3, -0.25) is 4.79 Å². The van der Waals surface area contributed by atoms with Gasteiger partial charge in [0.1, 0.15) is 5.78 Å². The third-order valence-electron chi connectivity index (χ3n) is 5.78. The van der Waals surface area contributed by atoms with E-state index in [4.69, 9.17) is 0 Å². The highest BCUT2D eigenvalue weighted by molar-refractivity contribution is 5.93. The molecule has 2 saturated carbocycles. The van der Waals surface area contributed by atoms with Crippen LogP contribution < -0.4 is 0 Å². The molecule has 0 radical (unpaired) electrons. The molecule has 0 unspecified atom stereocenters. The molecule has 15 heavy (non-hydrogen) atoms. The molecule has 0 N–H and O–H groups in total. The lowest BCUT2D eigenvalue weighted by Crippen LogP contribution is -2.40. The van der Waals surface area contributed by atoms with E-state index >= 15 is 0 Å². The van der Waals surface area contributed by atoms with Crippen LogP contribution in [-0.2, 0) is 4.79 Å². The average Bonchev–Trinajstić information content (AvgIpc) is 2.68. The topological polar surface area (TPSA) is 17.1 Å². The summed E-state index contributed by atoms with van der Waals surface area (Å²) in [5.41, 5.74) is 1.86.